The number of Topliss-reactive ketones (excluding diaryl/α,β-unsaturated/α-hetero) is 1. The summed E-state index contributed by atoms with van der Waals surface area (Å²) in [6.07, 6.45) is -11.3. The number of piperidine rings is 1. The second-order valence-electron chi connectivity index (χ2n) is 30.8. The molecule has 0 bridgehead atoms. The molecule has 1 aliphatic carbocycles. The Labute approximate surface area is 653 Å². The van der Waals surface area contributed by atoms with Crippen LogP contribution in [0, 0.1) is 11.8 Å². The molecule has 8 atom stereocenters. The van der Waals surface area contributed by atoms with Gasteiger partial charge in [0, 0.05) is 85.9 Å². The number of benzene rings is 4. The van der Waals surface area contributed by atoms with Gasteiger partial charge >= 0.3 is 30.1 Å². The van der Waals surface area contributed by atoms with Crippen LogP contribution in [0.1, 0.15) is 152 Å². The molecule has 30 nitrogen and oxygen atoms in total. The molecule has 0 spiro atoms. The monoisotopic (exact) mass is 1560 g/mol. The van der Waals surface area contributed by atoms with Crippen LogP contribution in [0.3, 0.4) is 0 Å². The van der Waals surface area contributed by atoms with E-state index in [0.717, 1.165) is 33.2 Å². The number of nitrogens with one attached hydrogen (secondary N) is 2. The van der Waals surface area contributed by atoms with Crippen LogP contribution in [-0.2, 0) is 98.5 Å². The maximum absolute atomic E-state index is 14.3. The number of aliphatic carboxylic acids is 1. The van der Waals surface area contributed by atoms with E-state index >= 15 is 0 Å². The Morgan fingerprint density at radius 3 is 2.11 bits per heavy atom. The van der Waals surface area contributed by atoms with Gasteiger partial charge in [-0.1, -0.05) is 100 Å². The lowest BCUT2D eigenvalue weighted by molar-refractivity contribution is -0.271. The van der Waals surface area contributed by atoms with Crippen LogP contribution in [0.25, 0.3) is 33.4 Å². The zero-order chi connectivity index (χ0) is 81.3. The topological polar surface area (TPSA) is 397 Å². The highest BCUT2D eigenvalue weighted by molar-refractivity contribution is 5.98. The number of anilines is 1. The van der Waals surface area contributed by atoms with Crippen molar-refractivity contribution >= 4 is 70.2 Å². The van der Waals surface area contributed by atoms with Gasteiger partial charge in [-0.2, -0.15) is 0 Å². The lowest BCUT2D eigenvalue weighted by atomic mass is 9.86. The number of aliphatic hydroxyl groups excluding tert-OH is 3. The van der Waals surface area contributed by atoms with E-state index in [2.05, 4.69) is 22.8 Å². The third-order valence-electron chi connectivity index (χ3n) is 21.3. The number of amides is 5. The van der Waals surface area contributed by atoms with Gasteiger partial charge in [0.2, 0.25) is 24.0 Å². The van der Waals surface area contributed by atoms with Crippen molar-refractivity contribution in [2.45, 2.75) is 199 Å². The number of carbonyl (C=O) groups is 9. The molecule has 0 unspecified atom stereocenters. The predicted molar refractivity (Wildman–Crippen MR) is 409 cm³/mol. The molecular formula is C83H101N7O23. The Balaban J connectivity index is 0.719. The van der Waals surface area contributed by atoms with Crippen LogP contribution in [0.5, 0.6) is 5.75 Å². The van der Waals surface area contributed by atoms with Crippen molar-refractivity contribution in [2.75, 3.05) is 64.5 Å². The standard InChI is InChI=1S/C83H101N7O23/c1-10-83(105)60-41-63-70-57(42-90(63)76(99)59(60)45-108-79(83)102)55(56-21-15-16-22-61(56)84-70)29-33-88(47(4)5)81(104)109-43-49-23-24-62(65(40-49)111-78-73(97)71(95)72(96)74(112-78)77(100)101)85-75(98)48(6)39-64(91)69(46(2)3)86-66(92)25-26-67(93)89(34-36-107-38-37-106-35-30-68(94)113-82(7,8)9)50-27-31-87(32-28-50)80(103)110-44-58-53-19-13-11-17-51(53)52-18-12-14-20-54(52)58/h11-24,40-41,46-48,50,58,69,71-74,78,95-97,105H,10,25-39,42-45H2,1-9H3,(H,85,98)(H,86,92)(H,100,101)/t48-,69+,71+,72+,73-,74+,78-,83+/m1/s1. The first-order valence-corrected chi connectivity index (χ1v) is 38.5. The molecular weight excluding hydrogens is 1460 g/mol. The van der Waals surface area contributed by atoms with Crippen LogP contribution in [0.15, 0.2) is 102 Å². The molecule has 606 valence electrons. The number of carboxylic acids is 1. The third kappa shape index (κ3) is 19.2. The van der Waals surface area contributed by atoms with Crippen molar-refractivity contribution < 1.29 is 107 Å². The molecule has 11 rings (SSSR count). The predicted octanol–water partition coefficient (Wildman–Crippen LogP) is 7.40. The number of cyclic esters (lactones) is 1. The van der Waals surface area contributed by atoms with Gasteiger partial charge in [0.15, 0.2) is 17.5 Å². The Bertz CT molecular complexity index is 4560. The molecule has 2 fully saturated rings. The number of ketones is 1. The number of pyridine rings is 2. The van der Waals surface area contributed by atoms with Crippen LogP contribution >= 0.6 is 0 Å². The number of nitrogens with zero attached hydrogens (tertiary/aromatic N) is 5. The van der Waals surface area contributed by atoms with Crippen molar-refractivity contribution in [2.24, 2.45) is 11.8 Å². The quantitative estimate of drug-likeness (QED) is 0.0123. The fourth-order valence-electron chi connectivity index (χ4n) is 15.1. The zero-order valence-electron chi connectivity index (χ0n) is 65.1. The van der Waals surface area contributed by atoms with Gasteiger partial charge in [-0.3, -0.25) is 28.8 Å². The summed E-state index contributed by atoms with van der Waals surface area (Å²) in [6.45, 7) is 16.3. The second kappa shape index (κ2) is 36.3. The number of aromatic nitrogens is 2. The maximum atomic E-state index is 14.3. The molecule has 5 amide bonds. The molecule has 2 saturated heterocycles. The number of carboxylic acid groups (broad SMARTS) is 1. The summed E-state index contributed by atoms with van der Waals surface area (Å²) < 4.78 is 47.0. The summed E-state index contributed by atoms with van der Waals surface area (Å²) >= 11 is 0. The molecule has 113 heavy (non-hydrogen) atoms. The number of hydrogen-bond acceptors (Lipinski definition) is 23. The van der Waals surface area contributed by atoms with Gasteiger partial charge < -0.3 is 93.3 Å². The van der Waals surface area contributed by atoms with E-state index in [0.29, 0.717) is 48.4 Å². The summed E-state index contributed by atoms with van der Waals surface area (Å²) in [5, 5.41) is 60.0. The smallest absolute Gasteiger partial charge is 0.410 e. The van der Waals surface area contributed by atoms with E-state index in [9.17, 15) is 73.5 Å². The highest BCUT2D eigenvalue weighted by atomic mass is 16.7. The van der Waals surface area contributed by atoms with Gasteiger partial charge in [0.05, 0.1) is 73.6 Å². The number of ether oxygens (including phenoxy) is 8. The molecule has 6 aromatic rings. The van der Waals surface area contributed by atoms with E-state index in [1.54, 1.807) is 75.8 Å². The molecule has 0 saturated carbocycles. The van der Waals surface area contributed by atoms with Gasteiger partial charge in [0.1, 0.15) is 49.5 Å². The maximum Gasteiger partial charge on any atom is 0.410 e. The van der Waals surface area contributed by atoms with Crippen molar-refractivity contribution in [3.8, 4) is 28.3 Å². The number of para-hydroxylation sites is 1. The van der Waals surface area contributed by atoms with E-state index in [1.165, 1.54) is 30.0 Å². The number of likely N-dealkylation sites (tertiary alicyclic amines) is 1. The van der Waals surface area contributed by atoms with Crippen molar-refractivity contribution in [3.63, 3.8) is 0 Å². The highest BCUT2D eigenvalue weighted by Crippen LogP contribution is 2.46. The van der Waals surface area contributed by atoms with Crippen molar-refractivity contribution in [3.05, 3.63) is 146 Å². The summed E-state index contributed by atoms with van der Waals surface area (Å²) in [7, 11) is 0. The average molecular weight is 1560 g/mol. The van der Waals surface area contributed by atoms with E-state index in [1.807, 2.05) is 60.7 Å². The summed E-state index contributed by atoms with van der Waals surface area (Å²) in [6, 6.07) is 27.4. The minimum absolute atomic E-state index is 0.0356. The number of fused-ring (bicyclic) bond motifs is 8. The first-order chi connectivity index (χ1) is 53.8. The lowest BCUT2D eigenvalue weighted by Gasteiger charge is -2.38. The summed E-state index contributed by atoms with van der Waals surface area (Å²) in [5.41, 5.74) is 4.74. The number of rotatable bonds is 32. The zero-order valence-corrected chi connectivity index (χ0v) is 65.1. The first-order valence-electron chi connectivity index (χ1n) is 38.5. The summed E-state index contributed by atoms with van der Waals surface area (Å²) in [4.78, 5) is 146. The minimum atomic E-state index is -2.08. The largest absolute Gasteiger partial charge is 0.479 e. The van der Waals surface area contributed by atoms with Crippen LogP contribution < -0.4 is 20.9 Å². The van der Waals surface area contributed by atoms with Gasteiger partial charge in [-0.15, -0.1) is 0 Å². The van der Waals surface area contributed by atoms with E-state index < -0.39 is 132 Å². The first kappa shape index (κ1) is 83.7. The van der Waals surface area contributed by atoms with Crippen LogP contribution in [0.2, 0.25) is 0 Å². The molecule has 7 N–H and O–H groups in total. The van der Waals surface area contributed by atoms with Crippen molar-refractivity contribution in [1.29, 1.82) is 0 Å². The van der Waals surface area contributed by atoms with Crippen LogP contribution in [-0.4, -0.2) is 217 Å². The normalized spacial score (nSPS) is 19.7. The Hall–Kier alpha value is -10.2. The number of carbonyl (C=O) groups excluding carboxylic acids is 8. The van der Waals surface area contributed by atoms with E-state index in [-0.39, 0.29) is 137 Å². The Kier molecular flexibility index (Phi) is 26.9. The van der Waals surface area contributed by atoms with Gasteiger partial charge in [-0.05, 0) is 124 Å². The molecule has 30 heteroatoms. The lowest BCUT2D eigenvalue weighted by Crippen LogP contribution is -2.61. The molecule has 0 radical (unpaired) electrons. The van der Waals surface area contributed by atoms with E-state index in [4.69, 9.17) is 42.9 Å². The number of esters is 2. The molecule has 2 aromatic heterocycles. The average Bonchev–Trinajstić information content (AvgIpc) is 1.57. The highest BCUT2D eigenvalue weighted by Gasteiger charge is 2.49. The van der Waals surface area contributed by atoms with Gasteiger partial charge in [0.25, 0.3) is 5.56 Å². The second-order valence-corrected chi connectivity index (χ2v) is 30.8. The Morgan fingerprint density at radius 2 is 1.44 bits per heavy atom. The van der Waals surface area contributed by atoms with Gasteiger partial charge in [-0.25, -0.2) is 24.2 Å². The SMILES string of the molecule is CC[C@@]1(O)C(=O)OCc2c1cc1n(c2=O)Cc2c-1nc1ccccc1c2CCN(C(=O)OCc1ccc(NC(=O)[C@H](C)CC(=O)[C@@H](NC(=O)CCC(=O)N(CCOCCOCCC(=O)OC(C)(C)C)C2CCN(C(=O)OCC3c4ccccc4-c4ccccc43)CC2)C(C)C)c(O[C@@H]2O[C@H](C(=O)O)[C@@H](O)[C@H](O)[C@H]2O)c1)C(C)C. The molecule has 4 aromatic carbocycles. The molecule has 5 aliphatic rings. The van der Waals surface area contributed by atoms with Crippen molar-refractivity contribution in [1.82, 2.24) is 29.6 Å². The minimum Gasteiger partial charge on any atom is -0.479 e. The number of hydrogen-bond donors (Lipinski definition) is 7. The fourth-order valence-corrected chi connectivity index (χ4v) is 15.1. The van der Waals surface area contributed by atoms with Crippen LogP contribution in [0.4, 0.5) is 15.3 Å². The molecule has 4 aliphatic heterocycles. The third-order valence-corrected chi connectivity index (χ3v) is 21.3. The molecule has 6 heterocycles. The Morgan fingerprint density at radius 1 is 0.770 bits per heavy atom. The fraction of sp³-hybridized carbons (Fsp3) is 0.506. The number of aliphatic hydroxyl groups is 4. The summed E-state index contributed by atoms with van der Waals surface area (Å²) in [5.74, 6) is -7.18.